The molecule has 0 atom stereocenters. The van der Waals surface area contributed by atoms with Gasteiger partial charge >= 0.3 is 0 Å². The summed E-state index contributed by atoms with van der Waals surface area (Å²) in [5.41, 5.74) is 21.6. The highest BCUT2D eigenvalue weighted by Gasteiger charge is 2.36. The van der Waals surface area contributed by atoms with E-state index in [9.17, 15) is 0 Å². The van der Waals surface area contributed by atoms with Crippen molar-refractivity contribution in [2.45, 2.75) is 124 Å². The molecule has 7 aromatic rings. The first-order valence-electron chi connectivity index (χ1n) is 22.7. The zero-order valence-corrected chi connectivity index (χ0v) is 39.9. The van der Waals surface area contributed by atoms with Gasteiger partial charge in [0.1, 0.15) is 0 Å². The first kappa shape index (κ1) is 43.0. The second-order valence-corrected chi connectivity index (χ2v) is 22.5. The third-order valence-electron chi connectivity index (χ3n) is 13.3. The number of rotatable bonds is 6. The molecule has 0 aromatic heterocycles. The van der Waals surface area contributed by atoms with Crippen molar-refractivity contribution in [2.75, 3.05) is 4.90 Å². The van der Waals surface area contributed by atoms with Gasteiger partial charge in [-0.15, -0.1) is 0 Å². The van der Waals surface area contributed by atoms with Crippen LogP contribution >= 0.6 is 0 Å². The fourth-order valence-electron chi connectivity index (χ4n) is 9.18. The molecule has 1 heteroatoms. The Bertz CT molecular complexity index is 2730. The van der Waals surface area contributed by atoms with Crippen molar-refractivity contribution in [1.29, 1.82) is 0 Å². The van der Waals surface area contributed by atoms with Crippen LogP contribution in [0.15, 0.2) is 152 Å². The van der Waals surface area contributed by atoms with E-state index in [4.69, 9.17) is 0 Å². The van der Waals surface area contributed by atoms with Gasteiger partial charge < -0.3 is 4.90 Å². The van der Waals surface area contributed by atoms with E-state index in [1.54, 1.807) is 0 Å². The molecule has 0 saturated heterocycles. The minimum absolute atomic E-state index is 0.0542. The molecule has 0 spiro atoms. The number of para-hydroxylation sites is 1. The zero-order chi connectivity index (χ0) is 44.6. The summed E-state index contributed by atoms with van der Waals surface area (Å²) < 4.78 is 0. The fourth-order valence-corrected chi connectivity index (χ4v) is 9.18. The van der Waals surface area contributed by atoms with Crippen molar-refractivity contribution in [3.05, 3.63) is 185 Å². The molecule has 0 radical (unpaired) electrons. The first-order chi connectivity index (χ1) is 29.0. The van der Waals surface area contributed by atoms with Crippen molar-refractivity contribution >= 4 is 17.1 Å². The standard InChI is InChI=1S/C61H67N/c1-57(2,3)45-29-27-42(28-30-45)51-19-16-18-22-56(51)62(49-31-32-53-52-20-15-17-21-54(52)61(13,14)55(53)39-49)50-36-44(35-48(38-50)60(10,11)12)41-25-23-40(24-26-41)43-33-46(58(4,5)6)37-47(34-43)59(7,8)9/h15-39H,1-14H3. The molecule has 8 rings (SSSR count). The van der Waals surface area contributed by atoms with Crippen LogP contribution < -0.4 is 4.90 Å². The maximum absolute atomic E-state index is 2.52. The second kappa shape index (κ2) is 15.3. The largest absolute Gasteiger partial charge is 0.310 e. The zero-order valence-electron chi connectivity index (χ0n) is 39.9. The maximum atomic E-state index is 2.52. The predicted octanol–water partition coefficient (Wildman–Crippen LogP) is 17.7. The highest BCUT2D eigenvalue weighted by atomic mass is 15.1. The monoisotopic (exact) mass is 814 g/mol. The summed E-state index contributed by atoms with van der Waals surface area (Å²) in [6.45, 7) is 32.5. The summed E-state index contributed by atoms with van der Waals surface area (Å²) in [5, 5.41) is 0. The Morgan fingerprint density at radius 1 is 0.323 bits per heavy atom. The van der Waals surface area contributed by atoms with Gasteiger partial charge in [-0.1, -0.05) is 218 Å². The van der Waals surface area contributed by atoms with E-state index in [2.05, 4.69) is 253 Å². The van der Waals surface area contributed by atoms with Gasteiger partial charge in [0, 0.05) is 22.4 Å². The van der Waals surface area contributed by atoms with E-state index < -0.39 is 0 Å². The lowest BCUT2D eigenvalue weighted by molar-refractivity contribution is 0.569. The molecular weight excluding hydrogens is 747 g/mol. The van der Waals surface area contributed by atoms with E-state index in [1.165, 1.54) is 77.9 Å². The third-order valence-corrected chi connectivity index (χ3v) is 13.3. The van der Waals surface area contributed by atoms with Gasteiger partial charge in [0.15, 0.2) is 0 Å². The van der Waals surface area contributed by atoms with Gasteiger partial charge in [-0.2, -0.15) is 0 Å². The Balaban J connectivity index is 1.31. The molecule has 0 amide bonds. The number of anilines is 3. The van der Waals surface area contributed by atoms with Crippen LogP contribution in [0.25, 0.3) is 44.5 Å². The first-order valence-corrected chi connectivity index (χ1v) is 22.7. The Morgan fingerprint density at radius 3 is 1.32 bits per heavy atom. The van der Waals surface area contributed by atoms with Crippen molar-refractivity contribution in [3.63, 3.8) is 0 Å². The van der Waals surface area contributed by atoms with E-state index in [0.717, 1.165) is 17.1 Å². The highest BCUT2D eigenvalue weighted by molar-refractivity contribution is 5.92. The summed E-state index contributed by atoms with van der Waals surface area (Å²) in [6, 6.07) is 58.0. The van der Waals surface area contributed by atoms with Crippen molar-refractivity contribution in [3.8, 4) is 44.5 Å². The second-order valence-electron chi connectivity index (χ2n) is 22.5. The number of fused-ring (bicyclic) bond motifs is 3. The Kier molecular flexibility index (Phi) is 10.6. The molecule has 0 fully saturated rings. The predicted molar refractivity (Wildman–Crippen MR) is 270 cm³/mol. The molecular formula is C61H67N. The van der Waals surface area contributed by atoms with E-state index in [1.807, 2.05) is 0 Å². The van der Waals surface area contributed by atoms with Gasteiger partial charge in [-0.25, -0.2) is 0 Å². The topological polar surface area (TPSA) is 3.24 Å². The van der Waals surface area contributed by atoms with Crippen LogP contribution in [0.2, 0.25) is 0 Å². The van der Waals surface area contributed by atoms with Crippen molar-refractivity contribution in [2.24, 2.45) is 0 Å². The molecule has 7 aromatic carbocycles. The van der Waals surface area contributed by atoms with Crippen molar-refractivity contribution in [1.82, 2.24) is 0 Å². The molecule has 316 valence electrons. The molecule has 1 nitrogen and oxygen atoms in total. The minimum atomic E-state index is -0.129. The molecule has 62 heavy (non-hydrogen) atoms. The molecule has 0 aliphatic heterocycles. The van der Waals surface area contributed by atoms with Crippen LogP contribution in [0, 0.1) is 0 Å². The Labute approximate surface area is 373 Å². The molecule has 0 N–H and O–H groups in total. The van der Waals surface area contributed by atoms with E-state index in [-0.39, 0.29) is 27.1 Å². The van der Waals surface area contributed by atoms with Crippen LogP contribution in [0.1, 0.15) is 130 Å². The SMILES string of the molecule is CC(C)(C)c1ccc(-c2ccccc2N(c2cc(-c3ccc(-c4cc(C(C)(C)C)cc(C(C)(C)C)c4)cc3)cc(C(C)(C)C)c2)c2ccc3c(c2)C(C)(C)c2ccccc2-3)cc1. The lowest BCUT2D eigenvalue weighted by atomic mass is 9.79. The molecule has 0 unspecified atom stereocenters. The molecule has 1 aliphatic carbocycles. The number of hydrogen-bond acceptors (Lipinski definition) is 1. The van der Waals surface area contributed by atoms with Gasteiger partial charge in [0.05, 0.1) is 5.69 Å². The average molecular weight is 814 g/mol. The van der Waals surface area contributed by atoms with Gasteiger partial charge in [0.2, 0.25) is 0 Å². The molecule has 0 heterocycles. The van der Waals surface area contributed by atoms with Crippen LogP contribution in [0.3, 0.4) is 0 Å². The van der Waals surface area contributed by atoms with Crippen LogP contribution in [-0.4, -0.2) is 0 Å². The Hall–Kier alpha value is -5.66. The summed E-state index contributed by atoms with van der Waals surface area (Å²) in [7, 11) is 0. The van der Waals surface area contributed by atoms with Gasteiger partial charge in [0.25, 0.3) is 0 Å². The van der Waals surface area contributed by atoms with Crippen LogP contribution in [0.4, 0.5) is 17.1 Å². The molecule has 0 saturated carbocycles. The quantitative estimate of drug-likeness (QED) is 0.162. The summed E-state index contributed by atoms with van der Waals surface area (Å²) in [4.78, 5) is 2.52. The minimum Gasteiger partial charge on any atom is -0.310 e. The number of nitrogens with zero attached hydrogens (tertiary/aromatic N) is 1. The lowest BCUT2D eigenvalue weighted by Gasteiger charge is -2.32. The number of benzene rings is 7. The smallest absolute Gasteiger partial charge is 0.0540 e. The normalized spacial score (nSPS) is 13.8. The summed E-state index contributed by atoms with van der Waals surface area (Å²) in [6.07, 6.45) is 0. The highest BCUT2D eigenvalue weighted by Crippen LogP contribution is 2.52. The summed E-state index contributed by atoms with van der Waals surface area (Å²) in [5.74, 6) is 0. The van der Waals surface area contributed by atoms with Gasteiger partial charge in [-0.05, 0) is 124 Å². The third kappa shape index (κ3) is 8.20. The molecule has 1 aliphatic rings. The van der Waals surface area contributed by atoms with Crippen LogP contribution in [0.5, 0.6) is 0 Å². The maximum Gasteiger partial charge on any atom is 0.0540 e. The van der Waals surface area contributed by atoms with Gasteiger partial charge in [-0.3, -0.25) is 0 Å². The lowest BCUT2D eigenvalue weighted by Crippen LogP contribution is -2.18. The van der Waals surface area contributed by atoms with E-state index in [0.29, 0.717) is 0 Å². The molecule has 0 bridgehead atoms. The summed E-state index contributed by atoms with van der Waals surface area (Å²) >= 11 is 0. The Morgan fingerprint density at radius 2 is 0.774 bits per heavy atom. The van der Waals surface area contributed by atoms with Crippen molar-refractivity contribution < 1.29 is 0 Å². The average Bonchev–Trinajstić information content (AvgIpc) is 3.45. The fraction of sp³-hybridized carbons (Fsp3) is 0.311. The number of hydrogen-bond donors (Lipinski definition) is 0. The van der Waals surface area contributed by atoms with Crippen LogP contribution in [-0.2, 0) is 27.1 Å². The van der Waals surface area contributed by atoms with E-state index >= 15 is 0 Å².